The highest BCUT2D eigenvalue weighted by Gasteiger charge is 2.23. The third-order valence-electron chi connectivity index (χ3n) is 1.94. The molecule has 0 fully saturated rings. The quantitative estimate of drug-likeness (QED) is 0.792. The maximum Gasteiger partial charge on any atom is 0.261 e. The molecule has 0 bridgehead atoms. The van der Waals surface area contributed by atoms with Gasteiger partial charge >= 0.3 is 0 Å². The van der Waals surface area contributed by atoms with Gasteiger partial charge in [0.2, 0.25) is 10.0 Å². The first kappa shape index (κ1) is 14.7. The molecular weight excluding hydrogens is 309 g/mol. The SMILES string of the molecule is CN(C)S(=O)(=O)c1cc(S(=O)(=O)Cl)ccc1Cl. The second kappa shape index (κ2) is 4.74. The number of rotatable bonds is 3. The van der Waals surface area contributed by atoms with E-state index >= 15 is 0 Å². The molecule has 96 valence electrons. The van der Waals surface area contributed by atoms with Gasteiger partial charge in [0.15, 0.2) is 0 Å². The van der Waals surface area contributed by atoms with Gasteiger partial charge in [-0.15, -0.1) is 0 Å². The van der Waals surface area contributed by atoms with Crippen molar-refractivity contribution in [2.75, 3.05) is 14.1 Å². The second-order valence-electron chi connectivity index (χ2n) is 3.32. The van der Waals surface area contributed by atoms with Crippen molar-refractivity contribution in [3.8, 4) is 0 Å². The van der Waals surface area contributed by atoms with Gasteiger partial charge in [-0.05, 0) is 18.2 Å². The molecule has 0 unspecified atom stereocenters. The Morgan fingerprint density at radius 1 is 1.12 bits per heavy atom. The fraction of sp³-hybridized carbons (Fsp3) is 0.250. The normalized spacial score (nSPS) is 13.0. The lowest BCUT2D eigenvalue weighted by molar-refractivity contribution is 0.520. The van der Waals surface area contributed by atoms with Gasteiger partial charge in [0, 0.05) is 24.8 Å². The molecule has 0 atom stereocenters. The van der Waals surface area contributed by atoms with Gasteiger partial charge in [0.1, 0.15) is 4.90 Å². The van der Waals surface area contributed by atoms with E-state index in [4.69, 9.17) is 22.3 Å². The maximum atomic E-state index is 11.8. The van der Waals surface area contributed by atoms with Crippen LogP contribution in [0.15, 0.2) is 28.0 Å². The van der Waals surface area contributed by atoms with Crippen molar-refractivity contribution in [1.29, 1.82) is 0 Å². The summed E-state index contributed by atoms with van der Waals surface area (Å²) >= 11 is 5.73. The van der Waals surface area contributed by atoms with Crippen LogP contribution in [0, 0.1) is 0 Å². The molecule has 0 saturated heterocycles. The molecule has 1 rings (SSSR count). The Bertz CT molecular complexity index is 637. The molecule has 17 heavy (non-hydrogen) atoms. The average Bonchev–Trinajstić information content (AvgIpc) is 2.15. The summed E-state index contributed by atoms with van der Waals surface area (Å²) in [5, 5.41) is -0.0669. The highest BCUT2D eigenvalue weighted by atomic mass is 35.7. The van der Waals surface area contributed by atoms with Crippen LogP contribution in [0.2, 0.25) is 5.02 Å². The smallest absolute Gasteiger partial charge is 0.207 e. The Balaban J connectivity index is 3.57. The number of benzene rings is 1. The summed E-state index contributed by atoms with van der Waals surface area (Å²) in [6, 6.07) is 3.24. The number of nitrogens with zero attached hydrogens (tertiary/aromatic N) is 1. The summed E-state index contributed by atoms with van der Waals surface area (Å²) in [4.78, 5) is -0.616. The number of hydrogen-bond acceptors (Lipinski definition) is 4. The van der Waals surface area contributed by atoms with Crippen molar-refractivity contribution in [2.24, 2.45) is 0 Å². The fourth-order valence-electron chi connectivity index (χ4n) is 1.03. The van der Waals surface area contributed by atoms with Crippen LogP contribution in [-0.4, -0.2) is 35.2 Å². The maximum absolute atomic E-state index is 11.8. The van der Waals surface area contributed by atoms with Gasteiger partial charge in [-0.3, -0.25) is 0 Å². The molecule has 5 nitrogen and oxygen atoms in total. The summed E-state index contributed by atoms with van der Waals surface area (Å²) in [6.07, 6.45) is 0. The number of halogens is 2. The van der Waals surface area contributed by atoms with E-state index in [9.17, 15) is 16.8 Å². The van der Waals surface area contributed by atoms with Crippen LogP contribution in [-0.2, 0) is 19.1 Å². The monoisotopic (exact) mass is 317 g/mol. The summed E-state index contributed by atoms with van der Waals surface area (Å²) in [6.45, 7) is 0. The molecule has 0 amide bonds. The zero-order chi connectivity index (χ0) is 13.4. The predicted octanol–water partition coefficient (Wildman–Crippen LogP) is 1.52. The summed E-state index contributed by atoms with van der Waals surface area (Å²) in [5.41, 5.74) is 0. The van der Waals surface area contributed by atoms with E-state index in [-0.39, 0.29) is 14.8 Å². The largest absolute Gasteiger partial charge is 0.261 e. The molecule has 0 aliphatic heterocycles. The Morgan fingerprint density at radius 2 is 1.65 bits per heavy atom. The predicted molar refractivity (Wildman–Crippen MR) is 65.4 cm³/mol. The van der Waals surface area contributed by atoms with Gasteiger partial charge in [-0.2, -0.15) is 0 Å². The molecule has 0 aliphatic carbocycles. The standard InChI is InChI=1S/C8H9Cl2NO4S2/c1-11(2)17(14,15)8-5-6(16(10,12)13)3-4-7(8)9/h3-5H,1-2H3. The molecule has 0 aliphatic rings. The first-order chi connectivity index (χ1) is 7.56. The van der Waals surface area contributed by atoms with E-state index < -0.39 is 19.1 Å². The molecule has 0 spiro atoms. The van der Waals surface area contributed by atoms with E-state index in [1.54, 1.807) is 0 Å². The van der Waals surface area contributed by atoms with E-state index in [1.165, 1.54) is 20.2 Å². The van der Waals surface area contributed by atoms with Crippen LogP contribution in [0.5, 0.6) is 0 Å². The molecule has 0 aromatic heterocycles. The Labute approximate surface area is 109 Å². The highest BCUT2D eigenvalue weighted by Crippen LogP contribution is 2.27. The lowest BCUT2D eigenvalue weighted by Crippen LogP contribution is -2.22. The topological polar surface area (TPSA) is 71.5 Å². The van der Waals surface area contributed by atoms with Crippen molar-refractivity contribution >= 4 is 41.4 Å². The second-order valence-corrected chi connectivity index (χ2v) is 8.41. The average molecular weight is 318 g/mol. The van der Waals surface area contributed by atoms with Gasteiger partial charge in [-0.25, -0.2) is 21.1 Å². The zero-order valence-corrected chi connectivity index (χ0v) is 12.0. The molecule has 0 heterocycles. The summed E-state index contributed by atoms with van der Waals surface area (Å²) in [7, 11) is -0.0502. The van der Waals surface area contributed by atoms with Crippen molar-refractivity contribution in [2.45, 2.75) is 9.79 Å². The van der Waals surface area contributed by atoms with E-state index in [0.29, 0.717) is 0 Å². The number of sulfonamides is 1. The van der Waals surface area contributed by atoms with Crippen LogP contribution >= 0.6 is 22.3 Å². The molecule has 0 N–H and O–H groups in total. The minimum atomic E-state index is -4.00. The Hall–Kier alpha value is -0.340. The van der Waals surface area contributed by atoms with Crippen LogP contribution in [0.3, 0.4) is 0 Å². The fourth-order valence-corrected chi connectivity index (χ4v) is 3.28. The Kier molecular flexibility index (Phi) is 4.10. The lowest BCUT2D eigenvalue weighted by atomic mass is 10.4. The van der Waals surface area contributed by atoms with Gasteiger partial charge < -0.3 is 0 Å². The molecule has 0 saturated carbocycles. The van der Waals surface area contributed by atoms with Crippen molar-refractivity contribution in [3.63, 3.8) is 0 Å². The van der Waals surface area contributed by atoms with Crippen molar-refractivity contribution in [3.05, 3.63) is 23.2 Å². The van der Waals surface area contributed by atoms with Crippen LogP contribution in [0.4, 0.5) is 0 Å². The summed E-state index contributed by atoms with van der Waals surface area (Å²) in [5.74, 6) is 0. The first-order valence-corrected chi connectivity index (χ1v) is 8.36. The van der Waals surface area contributed by atoms with Gasteiger partial charge in [0.05, 0.1) is 9.92 Å². The highest BCUT2D eigenvalue weighted by molar-refractivity contribution is 8.13. The number of hydrogen-bond donors (Lipinski definition) is 0. The van der Waals surface area contributed by atoms with Crippen LogP contribution in [0.25, 0.3) is 0 Å². The molecular formula is C8H9Cl2NO4S2. The first-order valence-electron chi connectivity index (χ1n) is 4.23. The van der Waals surface area contributed by atoms with Crippen LogP contribution < -0.4 is 0 Å². The minimum Gasteiger partial charge on any atom is -0.207 e. The summed E-state index contributed by atoms with van der Waals surface area (Å²) < 4.78 is 46.8. The van der Waals surface area contributed by atoms with Gasteiger partial charge in [-0.1, -0.05) is 11.6 Å². The van der Waals surface area contributed by atoms with Crippen LogP contribution in [0.1, 0.15) is 0 Å². The Morgan fingerprint density at radius 3 is 2.06 bits per heavy atom. The molecule has 9 heteroatoms. The van der Waals surface area contributed by atoms with Crippen molar-refractivity contribution in [1.82, 2.24) is 4.31 Å². The van der Waals surface area contributed by atoms with Gasteiger partial charge in [0.25, 0.3) is 9.05 Å². The minimum absolute atomic E-state index is 0.0669. The molecule has 1 aromatic carbocycles. The van der Waals surface area contributed by atoms with E-state index in [2.05, 4.69) is 0 Å². The third-order valence-corrected chi connectivity index (χ3v) is 5.59. The van der Waals surface area contributed by atoms with E-state index in [0.717, 1.165) is 16.4 Å². The molecule has 0 radical (unpaired) electrons. The van der Waals surface area contributed by atoms with E-state index in [1.807, 2.05) is 0 Å². The lowest BCUT2D eigenvalue weighted by Gasteiger charge is -2.13. The molecule has 1 aromatic rings. The zero-order valence-electron chi connectivity index (χ0n) is 8.88. The van der Waals surface area contributed by atoms with Crippen molar-refractivity contribution < 1.29 is 16.8 Å². The third kappa shape index (κ3) is 3.11.